The molecule has 1 N–H and O–H groups in total. The molecular formula is C9H15N3O. The van der Waals surface area contributed by atoms with Gasteiger partial charge in [0.15, 0.2) is 5.82 Å². The highest BCUT2D eigenvalue weighted by atomic mass is 16.5. The zero-order chi connectivity index (χ0) is 9.10. The quantitative estimate of drug-likeness (QED) is 0.714. The molecule has 0 amide bonds. The molecule has 0 aliphatic carbocycles. The van der Waals surface area contributed by atoms with Gasteiger partial charge < -0.3 is 9.84 Å². The molecule has 13 heavy (non-hydrogen) atoms. The molecule has 1 aromatic rings. The van der Waals surface area contributed by atoms with Crippen LogP contribution >= 0.6 is 0 Å². The Morgan fingerprint density at radius 3 is 3.08 bits per heavy atom. The highest BCUT2D eigenvalue weighted by Crippen LogP contribution is 2.19. The number of nitrogens with zero attached hydrogens (tertiary/aromatic N) is 2. The van der Waals surface area contributed by atoms with E-state index >= 15 is 0 Å². The molecule has 0 radical (unpaired) electrons. The SMILES string of the molecule is Cc1nc(C2CCCCCN2)no1. The second-order valence-corrected chi connectivity index (χ2v) is 3.53. The largest absolute Gasteiger partial charge is 0.340 e. The van der Waals surface area contributed by atoms with E-state index in [2.05, 4.69) is 15.5 Å². The van der Waals surface area contributed by atoms with Crippen molar-refractivity contribution in [2.45, 2.75) is 38.6 Å². The molecule has 1 saturated heterocycles. The first-order valence-corrected chi connectivity index (χ1v) is 4.90. The molecule has 1 fully saturated rings. The summed E-state index contributed by atoms with van der Waals surface area (Å²) in [5, 5.41) is 7.36. The second kappa shape index (κ2) is 3.87. The summed E-state index contributed by atoms with van der Waals surface area (Å²) < 4.78 is 4.96. The van der Waals surface area contributed by atoms with Gasteiger partial charge in [-0.1, -0.05) is 18.0 Å². The Labute approximate surface area is 77.7 Å². The van der Waals surface area contributed by atoms with Gasteiger partial charge in [-0.05, 0) is 19.4 Å². The fourth-order valence-corrected chi connectivity index (χ4v) is 1.71. The Morgan fingerprint density at radius 1 is 1.38 bits per heavy atom. The summed E-state index contributed by atoms with van der Waals surface area (Å²) in [7, 11) is 0. The van der Waals surface area contributed by atoms with Crippen molar-refractivity contribution >= 4 is 0 Å². The Balaban J connectivity index is 2.06. The van der Waals surface area contributed by atoms with Gasteiger partial charge >= 0.3 is 0 Å². The molecule has 1 aliphatic heterocycles. The van der Waals surface area contributed by atoms with Crippen LogP contribution in [0.3, 0.4) is 0 Å². The van der Waals surface area contributed by atoms with Crippen LogP contribution in [0, 0.1) is 6.92 Å². The first kappa shape index (κ1) is 8.69. The lowest BCUT2D eigenvalue weighted by Gasteiger charge is -2.09. The Bertz CT molecular complexity index is 264. The van der Waals surface area contributed by atoms with Gasteiger partial charge in [-0.25, -0.2) is 0 Å². The van der Waals surface area contributed by atoms with E-state index in [1.165, 1.54) is 19.3 Å². The number of aromatic nitrogens is 2. The van der Waals surface area contributed by atoms with Crippen LogP contribution in [0.1, 0.15) is 43.4 Å². The number of hydrogen-bond acceptors (Lipinski definition) is 4. The lowest BCUT2D eigenvalue weighted by atomic mass is 10.1. The maximum atomic E-state index is 4.96. The molecule has 1 unspecified atom stereocenters. The van der Waals surface area contributed by atoms with E-state index in [-0.39, 0.29) is 0 Å². The summed E-state index contributed by atoms with van der Waals surface area (Å²) in [6.45, 7) is 2.89. The van der Waals surface area contributed by atoms with Gasteiger partial charge in [0.2, 0.25) is 5.89 Å². The minimum absolute atomic E-state index is 0.306. The zero-order valence-electron chi connectivity index (χ0n) is 7.92. The third-order valence-electron chi connectivity index (χ3n) is 2.42. The molecule has 4 nitrogen and oxygen atoms in total. The molecule has 0 saturated carbocycles. The van der Waals surface area contributed by atoms with Crippen molar-refractivity contribution < 1.29 is 4.52 Å². The molecule has 1 aromatic heterocycles. The van der Waals surface area contributed by atoms with Crippen LogP contribution in [0.5, 0.6) is 0 Å². The van der Waals surface area contributed by atoms with Crippen molar-refractivity contribution in [2.24, 2.45) is 0 Å². The van der Waals surface area contributed by atoms with Crippen LogP contribution in [0.25, 0.3) is 0 Å². The Hall–Kier alpha value is -0.900. The third-order valence-corrected chi connectivity index (χ3v) is 2.42. The fourth-order valence-electron chi connectivity index (χ4n) is 1.71. The molecule has 2 heterocycles. The van der Waals surface area contributed by atoms with Gasteiger partial charge in [0, 0.05) is 6.92 Å². The second-order valence-electron chi connectivity index (χ2n) is 3.53. The van der Waals surface area contributed by atoms with Gasteiger partial charge in [-0.15, -0.1) is 0 Å². The molecule has 4 heteroatoms. The van der Waals surface area contributed by atoms with Gasteiger partial charge in [0.05, 0.1) is 6.04 Å². The molecular weight excluding hydrogens is 166 g/mol. The van der Waals surface area contributed by atoms with Gasteiger partial charge in [-0.2, -0.15) is 4.98 Å². The predicted octanol–water partition coefficient (Wildman–Crippen LogP) is 1.58. The van der Waals surface area contributed by atoms with E-state index in [0.717, 1.165) is 18.8 Å². The highest BCUT2D eigenvalue weighted by molar-refractivity contribution is 4.93. The summed E-state index contributed by atoms with van der Waals surface area (Å²) in [4.78, 5) is 4.24. The monoisotopic (exact) mass is 181 g/mol. The van der Waals surface area contributed by atoms with Crippen LogP contribution in [0.4, 0.5) is 0 Å². The smallest absolute Gasteiger partial charge is 0.223 e. The van der Waals surface area contributed by atoms with Gasteiger partial charge in [0.25, 0.3) is 0 Å². The lowest BCUT2D eigenvalue weighted by Crippen LogP contribution is -2.21. The van der Waals surface area contributed by atoms with Crippen LogP contribution < -0.4 is 5.32 Å². The summed E-state index contributed by atoms with van der Waals surface area (Å²) in [5.41, 5.74) is 0. The minimum Gasteiger partial charge on any atom is -0.340 e. The molecule has 0 spiro atoms. The number of aryl methyl sites for hydroxylation is 1. The summed E-state index contributed by atoms with van der Waals surface area (Å²) >= 11 is 0. The molecule has 0 bridgehead atoms. The number of hydrogen-bond donors (Lipinski definition) is 1. The maximum absolute atomic E-state index is 4.96. The van der Waals surface area contributed by atoms with Crippen LogP contribution in [0.15, 0.2) is 4.52 Å². The van der Waals surface area contributed by atoms with Crippen LogP contribution in [-0.2, 0) is 0 Å². The summed E-state index contributed by atoms with van der Waals surface area (Å²) in [6.07, 6.45) is 4.94. The third kappa shape index (κ3) is 2.06. The van der Waals surface area contributed by atoms with Gasteiger partial charge in [0.1, 0.15) is 0 Å². The molecule has 72 valence electrons. The average molecular weight is 181 g/mol. The van der Waals surface area contributed by atoms with Crippen molar-refractivity contribution in [1.29, 1.82) is 0 Å². The lowest BCUT2D eigenvalue weighted by molar-refractivity contribution is 0.375. The van der Waals surface area contributed by atoms with E-state index in [1.54, 1.807) is 0 Å². The van der Waals surface area contributed by atoms with Crippen molar-refractivity contribution in [3.63, 3.8) is 0 Å². The van der Waals surface area contributed by atoms with E-state index in [0.29, 0.717) is 11.9 Å². The first-order chi connectivity index (χ1) is 6.36. The number of rotatable bonds is 1. The van der Waals surface area contributed by atoms with E-state index in [9.17, 15) is 0 Å². The normalized spacial score (nSPS) is 24.2. The fraction of sp³-hybridized carbons (Fsp3) is 0.778. The summed E-state index contributed by atoms with van der Waals surface area (Å²) in [5.74, 6) is 1.47. The standard InChI is InChI=1S/C9H15N3O/c1-7-11-9(12-13-7)8-5-3-2-4-6-10-8/h8,10H,2-6H2,1H3. The van der Waals surface area contributed by atoms with Crippen molar-refractivity contribution in [3.8, 4) is 0 Å². The molecule has 0 aromatic carbocycles. The maximum Gasteiger partial charge on any atom is 0.223 e. The number of nitrogens with one attached hydrogen (secondary N) is 1. The van der Waals surface area contributed by atoms with Crippen molar-refractivity contribution in [3.05, 3.63) is 11.7 Å². The van der Waals surface area contributed by atoms with E-state index in [1.807, 2.05) is 6.92 Å². The average Bonchev–Trinajstić information content (AvgIpc) is 2.43. The molecule has 1 aliphatic rings. The topological polar surface area (TPSA) is 51.0 Å². The van der Waals surface area contributed by atoms with Crippen LogP contribution in [-0.4, -0.2) is 16.7 Å². The molecule has 1 atom stereocenters. The molecule has 2 rings (SSSR count). The van der Waals surface area contributed by atoms with Crippen LogP contribution in [0.2, 0.25) is 0 Å². The van der Waals surface area contributed by atoms with Crippen molar-refractivity contribution in [2.75, 3.05) is 6.54 Å². The predicted molar refractivity (Wildman–Crippen MR) is 48.2 cm³/mol. The van der Waals surface area contributed by atoms with E-state index < -0.39 is 0 Å². The van der Waals surface area contributed by atoms with E-state index in [4.69, 9.17) is 4.52 Å². The van der Waals surface area contributed by atoms with Crippen molar-refractivity contribution in [1.82, 2.24) is 15.5 Å². The zero-order valence-corrected chi connectivity index (χ0v) is 7.92. The first-order valence-electron chi connectivity index (χ1n) is 4.90. The Morgan fingerprint density at radius 2 is 2.31 bits per heavy atom. The highest BCUT2D eigenvalue weighted by Gasteiger charge is 2.17. The summed E-state index contributed by atoms with van der Waals surface area (Å²) in [6, 6.07) is 0.306. The Kier molecular flexibility index (Phi) is 2.59. The minimum atomic E-state index is 0.306. The van der Waals surface area contributed by atoms with Gasteiger partial charge in [-0.3, -0.25) is 0 Å².